The number of primary sulfonamides is 1. The Bertz CT molecular complexity index is 1420. The Balaban J connectivity index is 1.63. The molecule has 7 nitrogen and oxygen atoms in total. The smallest absolute Gasteiger partial charge is 0.238 e. The van der Waals surface area contributed by atoms with Crippen LogP contribution in [0.15, 0.2) is 65.6 Å². The van der Waals surface area contributed by atoms with Crippen LogP contribution in [0.4, 0.5) is 5.69 Å². The standard InChI is InChI=1S/C24H24N4O3S/c1-3-16-7-4-6-15(2)20(16)14-23(29)26-18-10-11-22-21(13-18)24(28-27-22)17-8-5-9-19(12-17)32(25,30)31/h4-13H,3,14H2,1-2H3,(H,26,29)(H,27,28)(H2,25,30,31). The van der Waals surface area contributed by atoms with Crippen LogP contribution in [0.3, 0.4) is 0 Å². The van der Waals surface area contributed by atoms with Gasteiger partial charge >= 0.3 is 0 Å². The van der Waals surface area contributed by atoms with Crippen LogP contribution in [-0.2, 0) is 27.7 Å². The maximum atomic E-state index is 12.8. The van der Waals surface area contributed by atoms with E-state index >= 15 is 0 Å². The summed E-state index contributed by atoms with van der Waals surface area (Å²) in [5, 5.41) is 16.3. The number of nitrogens with zero attached hydrogens (tertiary/aromatic N) is 1. The molecule has 1 aromatic heterocycles. The zero-order valence-corrected chi connectivity index (χ0v) is 18.7. The summed E-state index contributed by atoms with van der Waals surface area (Å²) >= 11 is 0. The van der Waals surface area contributed by atoms with Crippen LogP contribution in [0, 0.1) is 6.92 Å². The first-order valence-corrected chi connectivity index (χ1v) is 11.8. The number of carbonyl (C=O) groups excluding carboxylic acids is 1. The number of aromatic amines is 1. The van der Waals surface area contributed by atoms with Crippen LogP contribution >= 0.6 is 0 Å². The van der Waals surface area contributed by atoms with Gasteiger partial charge in [-0.15, -0.1) is 0 Å². The molecule has 1 heterocycles. The molecule has 3 aromatic carbocycles. The van der Waals surface area contributed by atoms with E-state index in [-0.39, 0.29) is 10.8 Å². The van der Waals surface area contributed by atoms with Gasteiger partial charge in [-0.1, -0.05) is 37.3 Å². The first-order chi connectivity index (χ1) is 15.3. The fourth-order valence-corrected chi connectivity index (χ4v) is 4.40. The predicted octanol–water partition coefficient (Wildman–Crippen LogP) is 3.93. The summed E-state index contributed by atoms with van der Waals surface area (Å²) in [7, 11) is -3.83. The van der Waals surface area contributed by atoms with E-state index in [1.54, 1.807) is 12.1 Å². The molecule has 0 atom stereocenters. The fourth-order valence-electron chi connectivity index (χ4n) is 3.85. The molecule has 0 fully saturated rings. The van der Waals surface area contributed by atoms with Gasteiger partial charge in [-0.2, -0.15) is 5.10 Å². The second-order valence-electron chi connectivity index (χ2n) is 7.70. The first kappa shape index (κ1) is 21.7. The molecule has 0 unspecified atom stereocenters. The van der Waals surface area contributed by atoms with E-state index in [0.717, 1.165) is 28.5 Å². The van der Waals surface area contributed by atoms with Gasteiger partial charge in [-0.3, -0.25) is 9.89 Å². The zero-order chi connectivity index (χ0) is 22.9. The van der Waals surface area contributed by atoms with Gasteiger partial charge in [0.2, 0.25) is 15.9 Å². The summed E-state index contributed by atoms with van der Waals surface area (Å²) in [5.41, 5.74) is 5.92. The zero-order valence-electron chi connectivity index (χ0n) is 17.8. The fraction of sp³-hybridized carbons (Fsp3) is 0.167. The SMILES string of the molecule is CCc1cccc(C)c1CC(=O)Nc1ccc2[nH]nc(-c3cccc(S(N)(=O)=O)c3)c2c1. The summed E-state index contributed by atoms with van der Waals surface area (Å²) in [4.78, 5) is 12.8. The van der Waals surface area contributed by atoms with Crippen molar-refractivity contribution in [3.8, 4) is 11.3 Å². The third kappa shape index (κ3) is 4.42. The molecule has 0 aliphatic rings. The molecular formula is C24H24N4O3S. The van der Waals surface area contributed by atoms with Crippen LogP contribution in [0.2, 0.25) is 0 Å². The minimum absolute atomic E-state index is 0.0144. The highest BCUT2D eigenvalue weighted by molar-refractivity contribution is 7.89. The first-order valence-electron chi connectivity index (χ1n) is 10.2. The molecule has 0 aliphatic carbocycles. The number of benzene rings is 3. The molecule has 0 radical (unpaired) electrons. The Morgan fingerprint density at radius 2 is 1.88 bits per heavy atom. The molecule has 32 heavy (non-hydrogen) atoms. The highest BCUT2D eigenvalue weighted by Crippen LogP contribution is 2.29. The molecule has 4 N–H and O–H groups in total. The Kier molecular flexibility index (Phi) is 5.82. The van der Waals surface area contributed by atoms with E-state index in [4.69, 9.17) is 5.14 Å². The van der Waals surface area contributed by atoms with Crippen molar-refractivity contribution in [1.29, 1.82) is 0 Å². The van der Waals surface area contributed by atoms with Gasteiger partial charge < -0.3 is 5.32 Å². The van der Waals surface area contributed by atoms with Gasteiger partial charge in [-0.05, 0) is 60.4 Å². The van der Waals surface area contributed by atoms with Crippen molar-refractivity contribution in [2.24, 2.45) is 5.14 Å². The number of sulfonamides is 1. The third-order valence-electron chi connectivity index (χ3n) is 5.51. The molecule has 0 spiro atoms. The van der Waals surface area contributed by atoms with Gasteiger partial charge in [0, 0.05) is 16.6 Å². The van der Waals surface area contributed by atoms with Gasteiger partial charge in [0.1, 0.15) is 5.69 Å². The number of amides is 1. The number of anilines is 1. The van der Waals surface area contributed by atoms with E-state index < -0.39 is 10.0 Å². The average Bonchev–Trinajstić information content (AvgIpc) is 3.18. The summed E-state index contributed by atoms with van der Waals surface area (Å²) in [6.45, 7) is 4.09. The van der Waals surface area contributed by atoms with E-state index in [1.807, 2.05) is 37.3 Å². The minimum Gasteiger partial charge on any atom is -0.326 e. The van der Waals surface area contributed by atoms with E-state index in [0.29, 0.717) is 23.4 Å². The lowest BCUT2D eigenvalue weighted by Crippen LogP contribution is -2.16. The van der Waals surface area contributed by atoms with Crippen molar-refractivity contribution in [2.45, 2.75) is 31.6 Å². The van der Waals surface area contributed by atoms with E-state index in [9.17, 15) is 13.2 Å². The molecule has 0 saturated carbocycles. The van der Waals surface area contributed by atoms with E-state index in [2.05, 4.69) is 28.5 Å². The summed E-state index contributed by atoms with van der Waals surface area (Å²) < 4.78 is 23.4. The van der Waals surface area contributed by atoms with Crippen molar-refractivity contribution in [1.82, 2.24) is 10.2 Å². The topological polar surface area (TPSA) is 118 Å². The van der Waals surface area contributed by atoms with Crippen LogP contribution < -0.4 is 10.5 Å². The summed E-state index contributed by atoms with van der Waals surface area (Å²) in [5.74, 6) is -0.102. The second-order valence-corrected chi connectivity index (χ2v) is 9.26. The number of aromatic nitrogens is 2. The number of hydrogen-bond acceptors (Lipinski definition) is 4. The van der Waals surface area contributed by atoms with Crippen LogP contribution in [0.1, 0.15) is 23.6 Å². The Morgan fingerprint density at radius 1 is 1.09 bits per heavy atom. The van der Waals surface area contributed by atoms with Gasteiger partial charge in [0.25, 0.3) is 0 Å². The number of fused-ring (bicyclic) bond motifs is 1. The number of hydrogen-bond donors (Lipinski definition) is 3. The average molecular weight is 449 g/mol. The molecule has 164 valence electrons. The maximum absolute atomic E-state index is 12.8. The maximum Gasteiger partial charge on any atom is 0.238 e. The van der Waals surface area contributed by atoms with Crippen molar-refractivity contribution in [3.05, 3.63) is 77.4 Å². The monoisotopic (exact) mass is 448 g/mol. The second kappa shape index (κ2) is 8.57. The highest BCUT2D eigenvalue weighted by Gasteiger charge is 2.15. The van der Waals surface area contributed by atoms with Crippen LogP contribution in [0.25, 0.3) is 22.2 Å². The van der Waals surface area contributed by atoms with E-state index in [1.165, 1.54) is 17.7 Å². The molecule has 0 bridgehead atoms. The normalized spacial score (nSPS) is 11.6. The Hall–Kier alpha value is -3.49. The van der Waals surface area contributed by atoms with Crippen molar-refractivity contribution in [3.63, 3.8) is 0 Å². The van der Waals surface area contributed by atoms with Crippen molar-refractivity contribution >= 4 is 32.5 Å². The summed E-state index contributed by atoms with van der Waals surface area (Å²) in [6.07, 6.45) is 1.16. The number of rotatable bonds is 6. The number of aryl methyl sites for hydroxylation is 2. The number of H-pyrrole nitrogens is 1. The van der Waals surface area contributed by atoms with Crippen LogP contribution in [0.5, 0.6) is 0 Å². The number of nitrogens with one attached hydrogen (secondary N) is 2. The predicted molar refractivity (Wildman–Crippen MR) is 126 cm³/mol. The molecule has 0 aliphatic heterocycles. The molecule has 4 aromatic rings. The Labute approximate surface area is 186 Å². The molecular weight excluding hydrogens is 424 g/mol. The number of nitrogens with two attached hydrogens (primary N) is 1. The lowest BCUT2D eigenvalue weighted by Gasteiger charge is -2.12. The highest BCUT2D eigenvalue weighted by atomic mass is 32.2. The lowest BCUT2D eigenvalue weighted by molar-refractivity contribution is -0.115. The quantitative estimate of drug-likeness (QED) is 0.414. The number of carbonyl (C=O) groups is 1. The molecule has 8 heteroatoms. The van der Waals surface area contributed by atoms with Crippen molar-refractivity contribution in [2.75, 3.05) is 5.32 Å². The molecule has 4 rings (SSSR count). The lowest BCUT2D eigenvalue weighted by atomic mass is 9.97. The van der Waals surface area contributed by atoms with Crippen molar-refractivity contribution < 1.29 is 13.2 Å². The van der Waals surface area contributed by atoms with Gasteiger partial charge in [-0.25, -0.2) is 13.6 Å². The minimum atomic E-state index is -3.83. The molecule has 0 saturated heterocycles. The van der Waals surface area contributed by atoms with Gasteiger partial charge in [0.15, 0.2) is 0 Å². The van der Waals surface area contributed by atoms with Gasteiger partial charge in [0.05, 0.1) is 16.8 Å². The molecule has 1 amide bonds. The summed E-state index contributed by atoms with van der Waals surface area (Å²) in [6, 6.07) is 17.8. The largest absolute Gasteiger partial charge is 0.326 e. The van der Waals surface area contributed by atoms with Crippen LogP contribution in [-0.4, -0.2) is 24.5 Å². The third-order valence-corrected chi connectivity index (χ3v) is 6.42. The Morgan fingerprint density at radius 3 is 2.62 bits per heavy atom.